The molecule has 0 radical (unpaired) electrons. The molecule has 6 heteroatoms. The SMILES string of the molecule is O=C1CN(C2CC2)C(=O)N1Cc1cc(Br)ccc1F. The molecular weight excluding hydrogens is 315 g/mol. The van der Waals surface area contributed by atoms with Gasteiger partial charge in [-0.25, -0.2) is 9.18 Å². The lowest BCUT2D eigenvalue weighted by Crippen LogP contribution is -2.33. The van der Waals surface area contributed by atoms with Gasteiger partial charge in [0, 0.05) is 16.1 Å². The zero-order valence-corrected chi connectivity index (χ0v) is 11.7. The van der Waals surface area contributed by atoms with E-state index in [1.54, 1.807) is 17.0 Å². The van der Waals surface area contributed by atoms with E-state index in [0.29, 0.717) is 5.56 Å². The van der Waals surface area contributed by atoms with E-state index in [0.717, 1.165) is 22.2 Å². The van der Waals surface area contributed by atoms with Gasteiger partial charge in [-0.2, -0.15) is 0 Å². The summed E-state index contributed by atoms with van der Waals surface area (Å²) in [5.41, 5.74) is 0.341. The van der Waals surface area contributed by atoms with Crippen molar-refractivity contribution in [1.29, 1.82) is 0 Å². The lowest BCUT2D eigenvalue weighted by molar-refractivity contribution is -0.125. The number of carbonyl (C=O) groups excluding carboxylic acids is 2. The van der Waals surface area contributed by atoms with Gasteiger partial charge in [0.25, 0.3) is 5.91 Å². The Morgan fingerprint density at radius 1 is 1.32 bits per heavy atom. The molecule has 2 fully saturated rings. The molecule has 3 rings (SSSR count). The van der Waals surface area contributed by atoms with Gasteiger partial charge in [-0.15, -0.1) is 0 Å². The normalized spacial score (nSPS) is 19.5. The quantitative estimate of drug-likeness (QED) is 0.801. The second-order valence-corrected chi connectivity index (χ2v) is 5.77. The lowest BCUT2D eigenvalue weighted by Gasteiger charge is -2.17. The monoisotopic (exact) mass is 326 g/mol. The highest BCUT2D eigenvalue weighted by atomic mass is 79.9. The third-order valence-electron chi connectivity index (χ3n) is 3.41. The summed E-state index contributed by atoms with van der Waals surface area (Å²) < 4.78 is 14.4. The Morgan fingerprint density at radius 3 is 2.74 bits per heavy atom. The Kier molecular flexibility index (Phi) is 3.05. The maximum atomic E-state index is 13.7. The first-order valence-electron chi connectivity index (χ1n) is 6.11. The molecule has 100 valence electrons. The summed E-state index contributed by atoms with van der Waals surface area (Å²) in [4.78, 5) is 26.7. The molecule has 0 N–H and O–H groups in total. The van der Waals surface area contributed by atoms with E-state index in [9.17, 15) is 14.0 Å². The van der Waals surface area contributed by atoms with E-state index in [-0.39, 0.29) is 31.1 Å². The maximum Gasteiger partial charge on any atom is 0.327 e. The van der Waals surface area contributed by atoms with Gasteiger partial charge in [0.15, 0.2) is 0 Å². The second kappa shape index (κ2) is 4.59. The zero-order valence-electron chi connectivity index (χ0n) is 10.1. The Labute approximate surface area is 118 Å². The fourth-order valence-corrected chi connectivity index (χ4v) is 2.63. The summed E-state index contributed by atoms with van der Waals surface area (Å²) in [6.07, 6.45) is 1.91. The van der Waals surface area contributed by atoms with Crippen molar-refractivity contribution in [3.8, 4) is 0 Å². The van der Waals surface area contributed by atoms with Crippen LogP contribution in [0.3, 0.4) is 0 Å². The summed E-state index contributed by atoms with van der Waals surface area (Å²) in [5.74, 6) is -0.662. The Hall–Kier alpha value is -1.43. The topological polar surface area (TPSA) is 40.6 Å². The number of imide groups is 1. The number of rotatable bonds is 3. The van der Waals surface area contributed by atoms with Crippen LogP contribution < -0.4 is 0 Å². The van der Waals surface area contributed by atoms with E-state index in [4.69, 9.17) is 0 Å². The van der Waals surface area contributed by atoms with E-state index in [2.05, 4.69) is 15.9 Å². The third-order valence-corrected chi connectivity index (χ3v) is 3.90. The predicted molar refractivity (Wildman–Crippen MR) is 69.8 cm³/mol. The molecule has 0 spiro atoms. The fraction of sp³-hybridized carbons (Fsp3) is 0.385. The predicted octanol–water partition coefficient (Wildman–Crippen LogP) is 2.51. The molecule has 1 heterocycles. The van der Waals surface area contributed by atoms with Crippen LogP contribution >= 0.6 is 15.9 Å². The van der Waals surface area contributed by atoms with Crippen molar-refractivity contribution >= 4 is 27.9 Å². The van der Waals surface area contributed by atoms with Crippen LogP contribution in [0.4, 0.5) is 9.18 Å². The van der Waals surface area contributed by atoms with Crippen molar-refractivity contribution in [3.63, 3.8) is 0 Å². The number of amides is 3. The Bertz CT molecular complexity index is 560. The van der Waals surface area contributed by atoms with Crippen molar-refractivity contribution in [2.24, 2.45) is 0 Å². The summed E-state index contributed by atoms with van der Waals surface area (Å²) in [6, 6.07) is 4.41. The first-order valence-corrected chi connectivity index (χ1v) is 6.90. The van der Waals surface area contributed by atoms with Crippen molar-refractivity contribution in [2.45, 2.75) is 25.4 Å². The van der Waals surface area contributed by atoms with E-state index in [1.165, 1.54) is 6.07 Å². The molecule has 0 aromatic heterocycles. The van der Waals surface area contributed by atoms with Crippen molar-refractivity contribution in [1.82, 2.24) is 9.80 Å². The van der Waals surface area contributed by atoms with Crippen LogP contribution in [0.25, 0.3) is 0 Å². The standard InChI is InChI=1S/C13H12BrFN2O2/c14-9-1-4-11(15)8(5-9)6-17-12(18)7-16(13(17)19)10-2-3-10/h1,4-5,10H,2-3,6-7H2. The molecule has 0 unspecified atom stereocenters. The maximum absolute atomic E-state index is 13.7. The summed E-state index contributed by atoms with van der Waals surface area (Å²) in [7, 11) is 0. The minimum Gasteiger partial charge on any atom is -0.312 e. The second-order valence-electron chi connectivity index (χ2n) is 4.86. The lowest BCUT2D eigenvalue weighted by atomic mass is 10.2. The number of halogens is 2. The number of benzene rings is 1. The van der Waals surface area contributed by atoms with E-state index in [1.807, 2.05) is 0 Å². The molecule has 19 heavy (non-hydrogen) atoms. The van der Waals surface area contributed by atoms with Crippen LogP contribution in [0.2, 0.25) is 0 Å². The third kappa shape index (κ3) is 2.36. The zero-order chi connectivity index (χ0) is 13.6. The summed E-state index contributed by atoms with van der Waals surface area (Å²) >= 11 is 3.26. The van der Waals surface area contributed by atoms with Crippen molar-refractivity contribution < 1.29 is 14.0 Å². The fourth-order valence-electron chi connectivity index (χ4n) is 2.22. The molecule has 0 bridgehead atoms. The summed E-state index contributed by atoms with van der Waals surface area (Å²) in [6.45, 7) is 0.116. The van der Waals surface area contributed by atoms with Crippen LogP contribution in [0, 0.1) is 5.82 Å². The average Bonchev–Trinajstić information content (AvgIpc) is 3.16. The highest BCUT2D eigenvalue weighted by Crippen LogP contribution is 2.31. The molecule has 0 atom stereocenters. The smallest absolute Gasteiger partial charge is 0.312 e. The minimum atomic E-state index is -0.409. The highest BCUT2D eigenvalue weighted by molar-refractivity contribution is 9.10. The number of carbonyl (C=O) groups is 2. The Balaban J connectivity index is 1.80. The van der Waals surface area contributed by atoms with Crippen LogP contribution in [-0.2, 0) is 11.3 Å². The first kappa shape index (κ1) is 12.6. The van der Waals surface area contributed by atoms with Gasteiger partial charge >= 0.3 is 6.03 Å². The van der Waals surface area contributed by atoms with Gasteiger partial charge in [-0.1, -0.05) is 15.9 Å². The number of hydrogen-bond acceptors (Lipinski definition) is 2. The van der Waals surface area contributed by atoms with E-state index < -0.39 is 5.82 Å². The molecule has 1 aromatic carbocycles. The number of urea groups is 1. The molecule has 1 saturated heterocycles. The molecule has 2 aliphatic rings. The van der Waals surface area contributed by atoms with Gasteiger partial charge in [-0.3, -0.25) is 9.69 Å². The summed E-state index contributed by atoms with van der Waals surface area (Å²) in [5, 5.41) is 0. The van der Waals surface area contributed by atoms with Crippen LogP contribution in [0.5, 0.6) is 0 Å². The molecule has 1 aliphatic heterocycles. The average molecular weight is 327 g/mol. The van der Waals surface area contributed by atoms with Crippen LogP contribution in [0.1, 0.15) is 18.4 Å². The van der Waals surface area contributed by atoms with Gasteiger partial charge in [0.05, 0.1) is 6.54 Å². The molecule has 4 nitrogen and oxygen atoms in total. The minimum absolute atomic E-state index is 0.00778. The molecular formula is C13H12BrFN2O2. The molecule has 1 saturated carbocycles. The van der Waals surface area contributed by atoms with Crippen LogP contribution in [0.15, 0.2) is 22.7 Å². The highest BCUT2D eigenvalue weighted by Gasteiger charge is 2.43. The molecule has 1 aliphatic carbocycles. The Morgan fingerprint density at radius 2 is 2.05 bits per heavy atom. The van der Waals surface area contributed by atoms with Crippen molar-refractivity contribution in [3.05, 3.63) is 34.1 Å². The number of nitrogens with zero attached hydrogens (tertiary/aromatic N) is 2. The van der Waals surface area contributed by atoms with E-state index >= 15 is 0 Å². The number of hydrogen-bond donors (Lipinski definition) is 0. The van der Waals surface area contributed by atoms with Gasteiger partial charge in [-0.05, 0) is 31.0 Å². The van der Waals surface area contributed by atoms with Crippen molar-refractivity contribution in [2.75, 3.05) is 6.54 Å². The molecule has 3 amide bonds. The molecule has 1 aromatic rings. The largest absolute Gasteiger partial charge is 0.327 e. The van der Waals surface area contributed by atoms with Gasteiger partial charge < -0.3 is 4.90 Å². The van der Waals surface area contributed by atoms with Crippen LogP contribution in [-0.4, -0.2) is 34.3 Å². The first-order chi connectivity index (χ1) is 9.06. The van der Waals surface area contributed by atoms with Gasteiger partial charge in [0.2, 0.25) is 0 Å². The van der Waals surface area contributed by atoms with Gasteiger partial charge in [0.1, 0.15) is 12.4 Å².